The first-order chi connectivity index (χ1) is 15.0. The van der Waals surface area contributed by atoms with Crippen molar-refractivity contribution in [1.29, 1.82) is 0 Å². The molecular formula is C22H21F3N4O3. The molecule has 0 radical (unpaired) electrons. The molecule has 1 aromatic heterocycles. The molecule has 0 saturated heterocycles. The molecule has 0 aliphatic carbocycles. The van der Waals surface area contributed by atoms with Crippen molar-refractivity contribution in [1.82, 2.24) is 9.88 Å². The van der Waals surface area contributed by atoms with Gasteiger partial charge in [-0.2, -0.15) is 13.2 Å². The minimum Gasteiger partial charge on any atom is -0.366 e. The van der Waals surface area contributed by atoms with Crippen LogP contribution >= 0.6 is 0 Å². The Morgan fingerprint density at radius 2 is 1.66 bits per heavy atom. The topological polar surface area (TPSA) is 105 Å². The van der Waals surface area contributed by atoms with E-state index in [1.54, 1.807) is 14.1 Å². The minimum atomic E-state index is -4.65. The Kier molecular flexibility index (Phi) is 6.35. The first kappa shape index (κ1) is 23.0. The number of benzene rings is 2. The Balaban J connectivity index is 2.39. The van der Waals surface area contributed by atoms with Crippen LogP contribution in [0.25, 0.3) is 22.5 Å². The van der Waals surface area contributed by atoms with Gasteiger partial charge in [0.2, 0.25) is 0 Å². The summed E-state index contributed by atoms with van der Waals surface area (Å²) in [7, 11) is 3.56. The number of amides is 1. The fourth-order valence-electron chi connectivity index (χ4n) is 3.62. The lowest BCUT2D eigenvalue weighted by Gasteiger charge is -2.15. The quantitative estimate of drug-likeness (QED) is 0.412. The molecule has 168 valence electrons. The number of nitrogens with zero attached hydrogens (tertiary/aromatic N) is 2. The van der Waals surface area contributed by atoms with Crippen LogP contribution in [-0.4, -0.2) is 41.4 Å². The number of hydrogen-bond donors (Lipinski definition) is 2. The van der Waals surface area contributed by atoms with Gasteiger partial charge in [0.15, 0.2) is 0 Å². The van der Waals surface area contributed by atoms with E-state index in [1.165, 1.54) is 42.5 Å². The molecule has 3 rings (SSSR count). The standard InChI is InChI=1S/C22H21F3N4O3/c1-28(2)12-11-15-18(21(26)30)20(14-8-4-6-10-17(14)29(31)32)27-19(15)13-7-3-5-9-16(13)22(23,24)25/h3-10,27H,11-12H2,1-2H3,(H2,26,30). The van der Waals surface area contributed by atoms with E-state index >= 15 is 0 Å². The number of primary amides is 1. The van der Waals surface area contributed by atoms with Gasteiger partial charge in [0.1, 0.15) is 0 Å². The van der Waals surface area contributed by atoms with Crippen LogP contribution in [0.3, 0.4) is 0 Å². The van der Waals surface area contributed by atoms with Crippen molar-refractivity contribution >= 4 is 11.6 Å². The highest BCUT2D eigenvalue weighted by Gasteiger charge is 2.35. The number of nitro benzene ring substituents is 1. The van der Waals surface area contributed by atoms with E-state index in [2.05, 4.69) is 4.98 Å². The molecule has 0 unspecified atom stereocenters. The molecule has 0 spiro atoms. The number of H-pyrrole nitrogens is 1. The van der Waals surface area contributed by atoms with Crippen molar-refractivity contribution in [3.63, 3.8) is 0 Å². The van der Waals surface area contributed by atoms with Gasteiger partial charge < -0.3 is 15.6 Å². The maximum absolute atomic E-state index is 13.7. The molecule has 3 N–H and O–H groups in total. The highest BCUT2D eigenvalue weighted by molar-refractivity contribution is 6.04. The number of likely N-dealkylation sites (N-methyl/N-ethyl adjacent to an activating group) is 1. The van der Waals surface area contributed by atoms with Gasteiger partial charge in [0.05, 0.1) is 33.0 Å². The van der Waals surface area contributed by atoms with Gasteiger partial charge >= 0.3 is 6.18 Å². The highest BCUT2D eigenvalue weighted by atomic mass is 19.4. The summed E-state index contributed by atoms with van der Waals surface area (Å²) in [5.74, 6) is -0.890. The zero-order valence-corrected chi connectivity index (χ0v) is 17.4. The molecule has 3 aromatic rings. The molecule has 0 aliphatic heterocycles. The van der Waals surface area contributed by atoms with E-state index in [9.17, 15) is 28.1 Å². The lowest BCUT2D eigenvalue weighted by Crippen LogP contribution is -2.19. The van der Waals surface area contributed by atoms with E-state index in [0.29, 0.717) is 6.54 Å². The van der Waals surface area contributed by atoms with Gasteiger partial charge in [-0.1, -0.05) is 30.3 Å². The van der Waals surface area contributed by atoms with Crippen molar-refractivity contribution in [2.75, 3.05) is 20.6 Å². The average molecular weight is 446 g/mol. The summed E-state index contributed by atoms with van der Waals surface area (Å²) in [6, 6.07) is 10.6. The molecule has 0 saturated carbocycles. The third kappa shape index (κ3) is 4.50. The second kappa shape index (κ2) is 8.83. The molecule has 10 heteroatoms. The number of rotatable bonds is 7. The Labute approximate surface area is 181 Å². The predicted octanol–water partition coefficient (Wildman–Crippen LogP) is 4.48. The normalized spacial score (nSPS) is 11.7. The summed E-state index contributed by atoms with van der Waals surface area (Å²) >= 11 is 0. The lowest BCUT2D eigenvalue weighted by atomic mass is 9.95. The van der Waals surface area contributed by atoms with Gasteiger partial charge in [-0.15, -0.1) is 0 Å². The molecule has 0 aliphatic rings. The van der Waals surface area contributed by atoms with Crippen molar-refractivity contribution in [3.05, 3.63) is 75.3 Å². The molecular weight excluding hydrogens is 425 g/mol. The summed E-state index contributed by atoms with van der Waals surface area (Å²) in [6.07, 6.45) is -4.45. The number of nitrogens with one attached hydrogen (secondary N) is 1. The zero-order chi connectivity index (χ0) is 23.6. The van der Waals surface area contributed by atoms with Crippen molar-refractivity contribution in [2.24, 2.45) is 5.73 Å². The van der Waals surface area contributed by atoms with E-state index in [0.717, 1.165) is 6.07 Å². The van der Waals surface area contributed by atoms with Gasteiger partial charge in [0, 0.05) is 18.2 Å². The number of alkyl halides is 3. The summed E-state index contributed by atoms with van der Waals surface area (Å²) in [4.78, 5) is 28.1. The molecule has 32 heavy (non-hydrogen) atoms. The molecule has 2 aromatic carbocycles. The van der Waals surface area contributed by atoms with Gasteiger partial charge in [-0.05, 0) is 38.2 Å². The third-order valence-corrected chi connectivity index (χ3v) is 5.03. The number of nitro groups is 1. The highest BCUT2D eigenvalue weighted by Crippen LogP contribution is 2.42. The van der Waals surface area contributed by atoms with Crippen LogP contribution in [0.15, 0.2) is 48.5 Å². The van der Waals surface area contributed by atoms with Gasteiger partial charge in [-0.25, -0.2) is 0 Å². The number of nitrogens with two attached hydrogens (primary N) is 1. The first-order valence-corrected chi connectivity index (χ1v) is 9.62. The van der Waals surface area contributed by atoms with E-state index in [4.69, 9.17) is 5.73 Å². The maximum atomic E-state index is 13.7. The largest absolute Gasteiger partial charge is 0.417 e. The van der Waals surface area contributed by atoms with Crippen molar-refractivity contribution in [2.45, 2.75) is 12.6 Å². The van der Waals surface area contributed by atoms with E-state index in [1.807, 2.05) is 4.90 Å². The number of aromatic amines is 1. The molecule has 0 fully saturated rings. The van der Waals surface area contributed by atoms with Crippen molar-refractivity contribution in [3.8, 4) is 22.5 Å². The molecule has 1 heterocycles. The van der Waals surface area contributed by atoms with Crippen LogP contribution in [0, 0.1) is 10.1 Å². The zero-order valence-electron chi connectivity index (χ0n) is 17.4. The molecule has 7 nitrogen and oxygen atoms in total. The number of carbonyl (C=O) groups is 1. The molecule has 1 amide bonds. The van der Waals surface area contributed by atoms with Gasteiger partial charge in [-0.3, -0.25) is 14.9 Å². The molecule has 0 atom stereocenters. The second-order valence-electron chi connectivity index (χ2n) is 7.46. The van der Waals surface area contributed by atoms with Crippen LogP contribution in [0.1, 0.15) is 21.5 Å². The summed E-state index contributed by atoms with van der Waals surface area (Å²) in [5, 5.41) is 11.6. The van der Waals surface area contributed by atoms with Crippen LogP contribution in [0.4, 0.5) is 18.9 Å². The predicted molar refractivity (Wildman–Crippen MR) is 114 cm³/mol. The van der Waals surface area contributed by atoms with E-state index in [-0.39, 0.29) is 45.7 Å². The second-order valence-corrected chi connectivity index (χ2v) is 7.46. The maximum Gasteiger partial charge on any atom is 0.417 e. The average Bonchev–Trinajstić information content (AvgIpc) is 3.11. The van der Waals surface area contributed by atoms with Crippen LogP contribution in [-0.2, 0) is 12.6 Å². The fraction of sp³-hybridized carbons (Fsp3) is 0.227. The summed E-state index contributed by atoms with van der Waals surface area (Å²) in [5.41, 5.74) is 4.63. The van der Waals surface area contributed by atoms with Gasteiger partial charge in [0.25, 0.3) is 11.6 Å². The Morgan fingerprint density at radius 1 is 1.06 bits per heavy atom. The number of carbonyl (C=O) groups excluding carboxylic acids is 1. The summed E-state index contributed by atoms with van der Waals surface area (Å²) < 4.78 is 41.2. The number of halogens is 3. The number of aromatic nitrogens is 1. The fourth-order valence-corrected chi connectivity index (χ4v) is 3.62. The van der Waals surface area contributed by atoms with Crippen molar-refractivity contribution < 1.29 is 22.9 Å². The van der Waals surface area contributed by atoms with Crippen LogP contribution in [0.5, 0.6) is 0 Å². The third-order valence-electron chi connectivity index (χ3n) is 5.03. The number of hydrogen-bond acceptors (Lipinski definition) is 4. The van der Waals surface area contributed by atoms with Crippen LogP contribution < -0.4 is 5.73 Å². The SMILES string of the molecule is CN(C)CCc1c(-c2ccccc2C(F)(F)F)[nH]c(-c2ccccc2[N+](=O)[O-])c1C(N)=O. The Bertz CT molecular complexity index is 1170. The Hall–Kier alpha value is -3.66. The lowest BCUT2D eigenvalue weighted by molar-refractivity contribution is -0.384. The molecule has 0 bridgehead atoms. The summed E-state index contributed by atoms with van der Waals surface area (Å²) in [6.45, 7) is 0.412. The van der Waals surface area contributed by atoms with E-state index < -0.39 is 22.6 Å². The first-order valence-electron chi connectivity index (χ1n) is 9.62. The minimum absolute atomic E-state index is 0.0190. The number of para-hydroxylation sites is 1. The van der Waals surface area contributed by atoms with Crippen LogP contribution in [0.2, 0.25) is 0 Å². The smallest absolute Gasteiger partial charge is 0.366 e. The monoisotopic (exact) mass is 446 g/mol. The Morgan fingerprint density at radius 3 is 2.22 bits per heavy atom.